The van der Waals surface area contributed by atoms with Gasteiger partial charge in [-0.2, -0.15) is 0 Å². The molecule has 0 aliphatic carbocycles. The molecular weight excluding hydrogens is 224 g/mol. The first-order valence-corrected chi connectivity index (χ1v) is 7.81. The van der Waals surface area contributed by atoms with Gasteiger partial charge in [0.05, 0.1) is 0 Å². The van der Waals surface area contributed by atoms with Crippen molar-refractivity contribution >= 4 is 0 Å². The van der Waals surface area contributed by atoms with Crippen LogP contribution in [0.15, 0.2) is 0 Å². The van der Waals surface area contributed by atoms with Gasteiger partial charge in [0.25, 0.3) is 0 Å². The van der Waals surface area contributed by atoms with Gasteiger partial charge in [-0.15, -0.1) is 0 Å². The fourth-order valence-electron chi connectivity index (χ4n) is 2.43. The Morgan fingerprint density at radius 1 is 0.611 bits per heavy atom. The molecule has 2 fully saturated rings. The molecule has 0 saturated carbocycles. The number of rotatable bonds is 11. The number of nitrogens with one attached hydrogen (secondary N) is 2. The third kappa shape index (κ3) is 5.65. The lowest BCUT2D eigenvalue weighted by molar-refractivity contribution is 0.182. The summed E-state index contributed by atoms with van der Waals surface area (Å²) in [7, 11) is 0. The molecule has 2 rings (SSSR count). The molecule has 0 amide bonds. The van der Waals surface area contributed by atoms with Crippen LogP contribution in [0.25, 0.3) is 0 Å². The fourth-order valence-corrected chi connectivity index (χ4v) is 2.43. The molecule has 2 heterocycles. The minimum atomic E-state index is 1.17. The first-order valence-electron chi connectivity index (χ1n) is 7.81. The van der Waals surface area contributed by atoms with E-state index in [1.807, 2.05) is 0 Å². The van der Waals surface area contributed by atoms with Crippen LogP contribution >= 0.6 is 0 Å². The monoisotopic (exact) mass is 254 g/mol. The number of unbranched alkanes of at least 4 members (excludes halogenated alkanes) is 1. The number of likely N-dealkylation sites (tertiary alicyclic amines) is 2. The molecule has 0 bridgehead atoms. The summed E-state index contributed by atoms with van der Waals surface area (Å²) in [6.45, 7) is 12.5. The molecule has 0 aromatic heterocycles. The second-order valence-corrected chi connectivity index (χ2v) is 5.60. The van der Waals surface area contributed by atoms with Gasteiger partial charge in [0, 0.05) is 26.2 Å². The molecule has 106 valence electrons. The van der Waals surface area contributed by atoms with Crippen molar-refractivity contribution in [3.63, 3.8) is 0 Å². The summed E-state index contributed by atoms with van der Waals surface area (Å²) in [5.74, 6) is 0. The van der Waals surface area contributed by atoms with Crippen LogP contribution in [0.1, 0.15) is 25.7 Å². The fraction of sp³-hybridized carbons (Fsp3) is 1.00. The quantitative estimate of drug-likeness (QED) is 0.521. The predicted molar refractivity (Wildman–Crippen MR) is 77.1 cm³/mol. The largest absolute Gasteiger partial charge is 0.315 e. The highest BCUT2D eigenvalue weighted by molar-refractivity contribution is 4.69. The van der Waals surface area contributed by atoms with E-state index in [2.05, 4.69) is 20.4 Å². The number of nitrogens with zero attached hydrogens (tertiary/aromatic N) is 2. The lowest BCUT2D eigenvalue weighted by atomic mass is 10.2. The highest BCUT2D eigenvalue weighted by Crippen LogP contribution is 2.03. The molecule has 2 saturated heterocycles. The van der Waals surface area contributed by atoms with Gasteiger partial charge in [-0.05, 0) is 65.0 Å². The third-order valence-electron chi connectivity index (χ3n) is 4.06. The Hall–Kier alpha value is -0.160. The van der Waals surface area contributed by atoms with Crippen molar-refractivity contribution in [3.8, 4) is 0 Å². The first kappa shape index (κ1) is 14.3. The standard InChI is InChI=1S/C14H30N4/c1(5-15-7-13-17-9-3-10-17)2-6-16-8-14-18-11-4-12-18/h15-16H,1-14H2. The summed E-state index contributed by atoms with van der Waals surface area (Å²) in [5.41, 5.74) is 0. The van der Waals surface area contributed by atoms with Gasteiger partial charge in [0.1, 0.15) is 0 Å². The Labute approximate surface area is 112 Å². The van der Waals surface area contributed by atoms with Crippen LogP contribution in [0.5, 0.6) is 0 Å². The summed E-state index contributed by atoms with van der Waals surface area (Å²) < 4.78 is 0. The molecule has 4 nitrogen and oxygen atoms in total. The topological polar surface area (TPSA) is 30.5 Å². The van der Waals surface area contributed by atoms with Gasteiger partial charge in [-0.3, -0.25) is 0 Å². The van der Waals surface area contributed by atoms with E-state index in [-0.39, 0.29) is 0 Å². The summed E-state index contributed by atoms with van der Waals surface area (Å²) >= 11 is 0. The van der Waals surface area contributed by atoms with Crippen molar-refractivity contribution in [1.82, 2.24) is 20.4 Å². The molecule has 2 aliphatic rings. The SMILES string of the molecule is C(CCNCCN1CCC1)CNCCN1CCC1. The molecule has 0 radical (unpaired) electrons. The van der Waals surface area contributed by atoms with E-state index < -0.39 is 0 Å². The van der Waals surface area contributed by atoms with E-state index in [0.29, 0.717) is 0 Å². The van der Waals surface area contributed by atoms with E-state index in [1.165, 1.54) is 91.1 Å². The van der Waals surface area contributed by atoms with Crippen LogP contribution in [0.3, 0.4) is 0 Å². The van der Waals surface area contributed by atoms with Gasteiger partial charge in [0.15, 0.2) is 0 Å². The predicted octanol–water partition coefficient (Wildman–Crippen LogP) is 0.357. The van der Waals surface area contributed by atoms with Gasteiger partial charge < -0.3 is 20.4 Å². The molecule has 0 aromatic rings. The van der Waals surface area contributed by atoms with Crippen LogP contribution in [0.2, 0.25) is 0 Å². The van der Waals surface area contributed by atoms with E-state index in [1.54, 1.807) is 0 Å². The summed E-state index contributed by atoms with van der Waals surface area (Å²) in [4.78, 5) is 5.04. The average Bonchev–Trinajstić information content (AvgIpc) is 2.26. The van der Waals surface area contributed by atoms with Gasteiger partial charge in [0.2, 0.25) is 0 Å². The smallest absolute Gasteiger partial charge is 0.0107 e. The van der Waals surface area contributed by atoms with E-state index in [0.717, 1.165) is 0 Å². The zero-order valence-electron chi connectivity index (χ0n) is 11.8. The maximum absolute atomic E-state index is 3.53. The Bertz CT molecular complexity index is 180. The molecule has 0 aromatic carbocycles. The Morgan fingerprint density at radius 3 is 1.39 bits per heavy atom. The van der Waals surface area contributed by atoms with Crippen molar-refractivity contribution in [2.75, 3.05) is 65.4 Å². The van der Waals surface area contributed by atoms with Crippen molar-refractivity contribution < 1.29 is 0 Å². The molecule has 4 heteroatoms. The lowest BCUT2D eigenvalue weighted by Crippen LogP contribution is -2.41. The van der Waals surface area contributed by atoms with Crippen molar-refractivity contribution in [2.45, 2.75) is 25.7 Å². The maximum atomic E-state index is 3.53. The Morgan fingerprint density at radius 2 is 1.06 bits per heavy atom. The van der Waals surface area contributed by atoms with Crippen LogP contribution in [-0.4, -0.2) is 75.2 Å². The van der Waals surface area contributed by atoms with Gasteiger partial charge in [-0.1, -0.05) is 0 Å². The highest BCUT2D eigenvalue weighted by atomic mass is 15.2. The zero-order valence-corrected chi connectivity index (χ0v) is 11.8. The number of hydrogen-bond acceptors (Lipinski definition) is 4. The summed E-state index contributed by atoms with van der Waals surface area (Å²) in [6, 6.07) is 0. The van der Waals surface area contributed by atoms with Gasteiger partial charge in [-0.25, -0.2) is 0 Å². The molecule has 18 heavy (non-hydrogen) atoms. The first-order chi connectivity index (χ1) is 8.95. The third-order valence-corrected chi connectivity index (χ3v) is 4.06. The molecule has 0 unspecified atom stereocenters. The van der Waals surface area contributed by atoms with Crippen LogP contribution in [0, 0.1) is 0 Å². The minimum Gasteiger partial charge on any atom is -0.315 e. The normalized spacial score (nSPS) is 20.7. The second-order valence-electron chi connectivity index (χ2n) is 5.60. The van der Waals surface area contributed by atoms with Crippen molar-refractivity contribution in [3.05, 3.63) is 0 Å². The molecular formula is C14H30N4. The van der Waals surface area contributed by atoms with Crippen LogP contribution in [0.4, 0.5) is 0 Å². The second kappa shape index (κ2) is 8.86. The average molecular weight is 254 g/mol. The Balaban J connectivity index is 1.23. The van der Waals surface area contributed by atoms with Gasteiger partial charge >= 0.3 is 0 Å². The maximum Gasteiger partial charge on any atom is 0.0107 e. The summed E-state index contributed by atoms with van der Waals surface area (Å²) in [5, 5.41) is 7.07. The van der Waals surface area contributed by atoms with Crippen LogP contribution < -0.4 is 10.6 Å². The molecule has 2 N–H and O–H groups in total. The highest BCUT2D eigenvalue weighted by Gasteiger charge is 2.12. The van der Waals surface area contributed by atoms with Crippen LogP contribution in [-0.2, 0) is 0 Å². The van der Waals surface area contributed by atoms with Crippen molar-refractivity contribution in [2.24, 2.45) is 0 Å². The lowest BCUT2D eigenvalue weighted by Gasteiger charge is -2.30. The van der Waals surface area contributed by atoms with E-state index in [9.17, 15) is 0 Å². The van der Waals surface area contributed by atoms with Crippen molar-refractivity contribution in [1.29, 1.82) is 0 Å². The van der Waals surface area contributed by atoms with E-state index >= 15 is 0 Å². The number of hydrogen-bond donors (Lipinski definition) is 2. The zero-order chi connectivity index (χ0) is 12.5. The van der Waals surface area contributed by atoms with E-state index in [4.69, 9.17) is 0 Å². The summed E-state index contributed by atoms with van der Waals surface area (Å²) in [6.07, 6.45) is 5.42. The molecule has 2 aliphatic heterocycles. The molecule has 0 atom stereocenters. The Kier molecular flexibility index (Phi) is 7.01. The molecule has 0 spiro atoms. The minimum absolute atomic E-state index is 1.17.